The summed E-state index contributed by atoms with van der Waals surface area (Å²) in [5.41, 5.74) is 0. The molecule has 11 nitrogen and oxygen atoms in total. The van der Waals surface area contributed by atoms with E-state index in [1.807, 2.05) is 0 Å². The Labute approximate surface area is 151 Å². The van der Waals surface area contributed by atoms with Crippen LogP contribution in [-0.2, 0) is 23.7 Å². The molecule has 0 aromatic rings. The second-order valence-electron chi connectivity index (χ2n) is 5.95. The molecule has 0 bridgehead atoms. The molecule has 0 aromatic carbocycles. The summed E-state index contributed by atoms with van der Waals surface area (Å²) in [6.45, 7) is -0.226. The highest BCUT2D eigenvalue weighted by Gasteiger charge is 2.47. The maximum atomic E-state index is 10.2. The molecule has 1 rings (SSSR count). The number of hydrogen-bond donors (Lipinski definition) is 6. The summed E-state index contributed by atoms with van der Waals surface area (Å²) >= 11 is 0. The van der Waals surface area contributed by atoms with E-state index in [0.717, 1.165) is 0 Å². The van der Waals surface area contributed by atoms with Gasteiger partial charge >= 0.3 is 0 Å². The quantitative estimate of drug-likeness (QED) is 0.195. The fourth-order valence-corrected chi connectivity index (χ4v) is 2.72. The third-order valence-corrected chi connectivity index (χ3v) is 4.14. The Bertz CT molecular complexity index is 377. The molecule has 11 heteroatoms. The van der Waals surface area contributed by atoms with Crippen molar-refractivity contribution < 1.29 is 54.3 Å². The van der Waals surface area contributed by atoms with Crippen LogP contribution in [0.3, 0.4) is 0 Å². The lowest BCUT2D eigenvalue weighted by atomic mass is 9.98. The van der Waals surface area contributed by atoms with Crippen LogP contribution in [0, 0.1) is 0 Å². The summed E-state index contributed by atoms with van der Waals surface area (Å²) in [5.74, 6) is 0. The van der Waals surface area contributed by atoms with Crippen molar-refractivity contribution in [3.8, 4) is 0 Å². The van der Waals surface area contributed by atoms with Gasteiger partial charge in [-0.2, -0.15) is 0 Å². The van der Waals surface area contributed by atoms with E-state index in [9.17, 15) is 25.5 Å². The molecule has 0 amide bonds. The molecule has 1 aliphatic rings. The van der Waals surface area contributed by atoms with Gasteiger partial charge in [-0.15, -0.1) is 0 Å². The molecule has 0 radical (unpaired) electrons. The minimum Gasteiger partial charge on any atom is -0.394 e. The summed E-state index contributed by atoms with van der Waals surface area (Å²) in [4.78, 5) is 0. The molecule has 6 N–H and O–H groups in total. The first-order chi connectivity index (χ1) is 12.3. The highest BCUT2D eigenvalue weighted by Crippen LogP contribution is 2.26. The first-order valence-corrected chi connectivity index (χ1v) is 8.23. The summed E-state index contributed by atoms with van der Waals surface area (Å²) in [6, 6.07) is 0. The smallest absolute Gasteiger partial charge is 0.187 e. The topological polar surface area (TPSA) is 168 Å². The van der Waals surface area contributed by atoms with Gasteiger partial charge in [-0.3, -0.25) is 0 Å². The maximum absolute atomic E-state index is 10.2. The average molecular weight is 386 g/mol. The van der Waals surface area contributed by atoms with Crippen LogP contribution >= 0.6 is 0 Å². The SMILES string of the molecule is COC(CO)OC(CO)C(OC1OC(CO)C(OC)C(O)C1O)C(C)O. The predicted molar refractivity (Wildman–Crippen MR) is 85.0 cm³/mol. The fourth-order valence-electron chi connectivity index (χ4n) is 2.72. The van der Waals surface area contributed by atoms with Crippen molar-refractivity contribution in [2.24, 2.45) is 0 Å². The molecule has 0 aliphatic carbocycles. The normalized spacial score (nSPS) is 34.3. The average Bonchev–Trinajstić information content (AvgIpc) is 2.64. The third kappa shape index (κ3) is 5.78. The van der Waals surface area contributed by atoms with Gasteiger partial charge in [0.2, 0.25) is 0 Å². The highest BCUT2D eigenvalue weighted by atomic mass is 16.7. The molecule has 26 heavy (non-hydrogen) atoms. The number of rotatable bonds is 11. The van der Waals surface area contributed by atoms with Gasteiger partial charge in [0, 0.05) is 14.2 Å². The Morgan fingerprint density at radius 2 is 1.69 bits per heavy atom. The van der Waals surface area contributed by atoms with Crippen molar-refractivity contribution in [3.63, 3.8) is 0 Å². The molecule has 1 aliphatic heterocycles. The molecule has 0 aromatic heterocycles. The van der Waals surface area contributed by atoms with E-state index in [1.54, 1.807) is 0 Å². The van der Waals surface area contributed by atoms with Crippen molar-refractivity contribution in [3.05, 3.63) is 0 Å². The Morgan fingerprint density at radius 3 is 2.12 bits per heavy atom. The van der Waals surface area contributed by atoms with Crippen LogP contribution in [-0.4, -0.2) is 120 Å². The Morgan fingerprint density at radius 1 is 1.04 bits per heavy atom. The van der Waals surface area contributed by atoms with Gasteiger partial charge in [0.15, 0.2) is 12.6 Å². The maximum Gasteiger partial charge on any atom is 0.187 e. The zero-order valence-corrected chi connectivity index (χ0v) is 15.0. The molecule has 1 fully saturated rings. The van der Waals surface area contributed by atoms with Crippen LogP contribution in [0.1, 0.15) is 6.92 Å². The van der Waals surface area contributed by atoms with Crippen LogP contribution < -0.4 is 0 Å². The van der Waals surface area contributed by atoms with E-state index in [0.29, 0.717) is 0 Å². The van der Waals surface area contributed by atoms with Gasteiger partial charge in [-0.1, -0.05) is 0 Å². The van der Waals surface area contributed by atoms with Gasteiger partial charge in [0.25, 0.3) is 0 Å². The molecule has 156 valence electrons. The molecular weight excluding hydrogens is 356 g/mol. The number of aliphatic hydroxyl groups excluding tert-OH is 6. The van der Waals surface area contributed by atoms with Crippen molar-refractivity contribution in [2.75, 3.05) is 34.0 Å². The van der Waals surface area contributed by atoms with Crippen LogP contribution in [0.15, 0.2) is 0 Å². The lowest BCUT2D eigenvalue weighted by Crippen LogP contribution is -2.61. The van der Waals surface area contributed by atoms with Gasteiger partial charge in [0.05, 0.1) is 25.9 Å². The molecule has 1 heterocycles. The van der Waals surface area contributed by atoms with E-state index in [-0.39, 0.29) is 0 Å². The standard InChI is InChI=1S/C15H30O11/c1-7(19)13(8(4-16)24-10(6-18)22-2)26-15-12(21)11(20)14(23-3)9(5-17)25-15/h7-21H,4-6H2,1-3H3. The van der Waals surface area contributed by atoms with E-state index in [1.165, 1.54) is 21.1 Å². The minimum absolute atomic E-state index is 0.497. The first kappa shape index (κ1) is 23.6. The molecule has 1 saturated heterocycles. The van der Waals surface area contributed by atoms with Crippen LogP contribution in [0.4, 0.5) is 0 Å². The number of hydrogen-bond acceptors (Lipinski definition) is 11. The lowest BCUT2D eigenvalue weighted by Gasteiger charge is -2.43. The van der Waals surface area contributed by atoms with Crippen molar-refractivity contribution in [1.29, 1.82) is 0 Å². The summed E-state index contributed by atoms with van der Waals surface area (Å²) in [5, 5.41) is 58.4. The van der Waals surface area contributed by atoms with Gasteiger partial charge in [0.1, 0.15) is 36.6 Å². The van der Waals surface area contributed by atoms with E-state index >= 15 is 0 Å². The molecule has 0 saturated carbocycles. The van der Waals surface area contributed by atoms with Crippen molar-refractivity contribution in [2.45, 2.75) is 62.2 Å². The van der Waals surface area contributed by atoms with E-state index in [4.69, 9.17) is 28.8 Å². The largest absolute Gasteiger partial charge is 0.394 e. The second-order valence-corrected chi connectivity index (χ2v) is 5.95. The zero-order chi connectivity index (χ0) is 19.9. The van der Waals surface area contributed by atoms with Crippen molar-refractivity contribution in [1.82, 2.24) is 0 Å². The molecule has 9 unspecified atom stereocenters. The first-order valence-electron chi connectivity index (χ1n) is 8.23. The molecule has 0 spiro atoms. The van der Waals surface area contributed by atoms with E-state index < -0.39 is 75.1 Å². The monoisotopic (exact) mass is 386 g/mol. The van der Waals surface area contributed by atoms with E-state index in [2.05, 4.69) is 0 Å². The fraction of sp³-hybridized carbons (Fsp3) is 1.00. The highest BCUT2D eigenvalue weighted by molar-refractivity contribution is 4.91. The molecule has 9 atom stereocenters. The van der Waals surface area contributed by atoms with Gasteiger partial charge in [-0.05, 0) is 6.92 Å². The van der Waals surface area contributed by atoms with Gasteiger partial charge in [-0.25, -0.2) is 0 Å². The Balaban J connectivity index is 2.90. The van der Waals surface area contributed by atoms with Gasteiger partial charge < -0.3 is 54.3 Å². The third-order valence-electron chi connectivity index (χ3n) is 4.14. The number of ether oxygens (including phenoxy) is 5. The van der Waals surface area contributed by atoms with Crippen LogP contribution in [0.2, 0.25) is 0 Å². The summed E-state index contributed by atoms with van der Waals surface area (Å²) < 4.78 is 26.2. The summed E-state index contributed by atoms with van der Waals surface area (Å²) in [6.07, 6.45) is -10.9. The summed E-state index contributed by atoms with van der Waals surface area (Å²) in [7, 11) is 2.58. The van der Waals surface area contributed by atoms with Crippen LogP contribution in [0.25, 0.3) is 0 Å². The second kappa shape index (κ2) is 11.4. The number of methoxy groups -OCH3 is 2. The van der Waals surface area contributed by atoms with Crippen molar-refractivity contribution >= 4 is 0 Å². The Kier molecular flexibility index (Phi) is 10.4. The molecular formula is C15H30O11. The Hall–Kier alpha value is -0.440. The van der Waals surface area contributed by atoms with Crippen LogP contribution in [0.5, 0.6) is 0 Å². The predicted octanol–water partition coefficient (Wildman–Crippen LogP) is -3.45. The lowest BCUT2D eigenvalue weighted by molar-refractivity contribution is -0.333. The zero-order valence-electron chi connectivity index (χ0n) is 15.0. The minimum atomic E-state index is -1.54. The number of aliphatic hydroxyl groups is 6.